The average molecular weight is 312 g/mol. The number of nitrogens with zero attached hydrogens (tertiary/aromatic N) is 3. The highest BCUT2D eigenvalue weighted by atomic mass is 16.4. The highest BCUT2D eigenvalue weighted by Crippen LogP contribution is 2.41. The lowest BCUT2D eigenvalue weighted by Crippen LogP contribution is -2.73. The van der Waals surface area contributed by atoms with E-state index in [4.69, 9.17) is 0 Å². The molecule has 0 aliphatic rings. The van der Waals surface area contributed by atoms with Crippen molar-refractivity contribution in [1.29, 1.82) is 0 Å². The number of carbonyl (C=O) groups is 2. The second kappa shape index (κ2) is 5.51. The first-order valence-electron chi connectivity index (χ1n) is 6.88. The van der Waals surface area contributed by atoms with Crippen molar-refractivity contribution in [1.82, 2.24) is 20.0 Å². The van der Waals surface area contributed by atoms with Crippen LogP contribution in [0.1, 0.15) is 41.5 Å². The number of rotatable bonds is 3. The number of aromatic nitrogens is 2. The van der Waals surface area contributed by atoms with Crippen molar-refractivity contribution in [2.75, 3.05) is 0 Å². The summed E-state index contributed by atoms with van der Waals surface area (Å²) in [4.78, 5) is 24.5. The van der Waals surface area contributed by atoms with Crippen LogP contribution in [0.25, 0.3) is 0 Å². The van der Waals surface area contributed by atoms with Crippen LogP contribution in [0.15, 0.2) is 18.5 Å². The topological polar surface area (TPSA) is 108 Å². The number of amides is 2. The van der Waals surface area contributed by atoms with Gasteiger partial charge in [-0.15, -0.1) is 0 Å². The molecule has 1 unspecified atom stereocenters. The summed E-state index contributed by atoms with van der Waals surface area (Å²) < 4.78 is 1.33. The van der Waals surface area contributed by atoms with Crippen molar-refractivity contribution in [3.8, 4) is 0 Å². The van der Waals surface area contributed by atoms with E-state index in [1.165, 1.54) is 10.9 Å². The Morgan fingerprint density at radius 2 is 1.68 bits per heavy atom. The van der Waals surface area contributed by atoms with Gasteiger partial charge in [0.1, 0.15) is 0 Å². The Kier molecular flexibility index (Phi) is 4.46. The molecule has 0 fully saturated rings. The van der Waals surface area contributed by atoms with Gasteiger partial charge in [0.15, 0.2) is 0 Å². The highest BCUT2D eigenvalue weighted by molar-refractivity contribution is 5.70. The Labute approximate surface area is 129 Å². The van der Waals surface area contributed by atoms with Crippen LogP contribution in [-0.2, 0) is 5.79 Å². The van der Waals surface area contributed by atoms with E-state index in [2.05, 4.69) is 10.4 Å². The van der Waals surface area contributed by atoms with E-state index in [0.29, 0.717) is 0 Å². The molecule has 0 spiro atoms. The van der Waals surface area contributed by atoms with Gasteiger partial charge in [0, 0.05) is 23.3 Å². The minimum atomic E-state index is -1.60. The molecule has 0 bridgehead atoms. The van der Waals surface area contributed by atoms with Crippen molar-refractivity contribution in [3.05, 3.63) is 18.5 Å². The third-order valence-corrected chi connectivity index (χ3v) is 3.35. The van der Waals surface area contributed by atoms with Gasteiger partial charge in [-0.25, -0.2) is 14.3 Å². The van der Waals surface area contributed by atoms with Gasteiger partial charge in [-0.3, -0.25) is 10.2 Å². The van der Waals surface area contributed by atoms with E-state index in [1.807, 2.05) is 0 Å². The summed E-state index contributed by atoms with van der Waals surface area (Å²) >= 11 is 0. The quantitative estimate of drug-likeness (QED) is 0.743. The number of nitrogens with one attached hydrogen (secondary N) is 1. The SMILES string of the molecule is CC(C)(C)N(C(=O)O)C(NC(=O)O)(n1cccn1)C(C)(C)C. The third-order valence-electron chi connectivity index (χ3n) is 3.35. The highest BCUT2D eigenvalue weighted by Gasteiger charge is 2.56. The largest absolute Gasteiger partial charge is 0.465 e. The molecule has 0 saturated heterocycles. The molecule has 1 heterocycles. The van der Waals surface area contributed by atoms with Crippen LogP contribution >= 0.6 is 0 Å². The first kappa shape index (κ1) is 17.8. The standard InChI is InChI=1S/C14H24N4O4/c1-12(2,3)14(16-10(19)20,17-9-7-8-15-17)18(11(21)22)13(4,5)6/h7-9,16H,1-6H3,(H,19,20)(H,21,22). The minimum Gasteiger partial charge on any atom is -0.465 e. The van der Waals surface area contributed by atoms with Gasteiger partial charge in [0.25, 0.3) is 0 Å². The van der Waals surface area contributed by atoms with E-state index in [1.54, 1.807) is 53.8 Å². The van der Waals surface area contributed by atoms with Crippen molar-refractivity contribution in [2.24, 2.45) is 5.41 Å². The molecule has 22 heavy (non-hydrogen) atoms. The third kappa shape index (κ3) is 3.00. The van der Waals surface area contributed by atoms with Crippen molar-refractivity contribution in [3.63, 3.8) is 0 Å². The molecule has 1 aromatic rings. The van der Waals surface area contributed by atoms with E-state index in [9.17, 15) is 19.8 Å². The fraction of sp³-hybridized carbons (Fsp3) is 0.643. The van der Waals surface area contributed by atoms with Crippen molar-refractivity contribution < 1.29 is 19.8 Å². The zero-order valence-corrected chi connectivity index (χ0v) is 13.8. The van der Waals surface area contributed by atoms with E-state index in [0.717, 1.165) is 4.90 Å². The molecule has 0 aliphatic heterocycles. The second-order valence-electron chi connectivity index (χ2n) is 7.09. The molecule has 8 heteroatoms. The normalized spacial score (nSPS) is 15.0. The summed E-state index contributed by atoms with van der Waals surface area (Å²) in [6.07, 6.45) is 0.447. The molecule has 0 radical (unpaired) electrons. The lowest BCUT2D eigenvalue weighted by atomic mass is 9.83. The number of hydrogen-bond donors (Lipinski definition) is 3. The summed E-state index contributed by atoms with van der Waals surface area (Å²) in [6, 6.07) is 1.62. The predicted molar refractivity (Wildman–Crippen MR) is 80.4 cm³/mol. The molecule has 124 valence electrons. The molecule has 3 N–H and O–H groups in total. The maximum atomic E-state index is 12.0. The maximum absolute atomic E-state index is 12.0. The minimum absolute atomic E-state index is 0.816. The van der Waals surface area contributed by atoms with Gasteiger partial charge in [-0.1, -0.05) is 20.8 Å². The summed E-state index contributed by atoms with van der Waals surface area (Å²) in [7, 11) is 0. The molecule has 8 nitrogen and oxygen atoms in total. The molecular formula is C14H24N4O4. The van der Waals surface area contributed by atoms with Gasteiger partial charge < -0.3 is 10.2 Å². The zero-order chi connectivity index (χ0) is 17.3. The lowest BCUT2D eigenvalue weighted by Gasteiger charge is -2.54. The summed E-state index contributed by atoms with van der Waals surface area (Å²) in [5, 5.41) is 25.6. The molecule has 1 aromatic heterocycles. The van der Waals surface area contributed by atoms with Gasteiger partial charge in [0.05, 0.1) is 0 Å². The Morgan fingerprint density at radius 3 is 1.95 bits per heavy atom. The van der Waals surface area contributed by atoms with Crippen LogP contribution in [-0.4, -0.2) is 42.6 Å². The van der Waals surface area contributed by atoms with Gasteiger partial charge >= 0.3 is 12.2 Å². The van der Waals surface area contributed by atoms with Crippen LogP contribution in [0.4, 0.5) is 9.59 Å². The molecule has 0 aliphatic carbocycles. The van der Waals surface area contributed by atoms with Crippen LogP contribution in [0.5, 0.6) is 0 Å². The number of carboxylic acid groups (broad SMARTS) is 2. The first-order valence-corrected chi connectivity index (χ1v) is 6.88. The zero-order valence-electron chi connectivity index (χ0n) is 13.8. The molecule has 2 amide bonds. The Morgan fingerprint density at radius 1 is 1.14 bits per heavy atom. The van der Waals surface area contributed by atoms with Crippen molar-refractivity contribution >= 4 is 12.2 Å². The van der Waals surface area contributed by atoms with Crippen LogP contribution in [0.2, 0.25) is 0 Å². The first-order chi connectivity index (χ1) is 9.84. The van der Waals surface area contributed by atoms with E-state index >= 15 is 0 Å². The van der Waals surface area contributed by atoms with Crippen LogP contribution < -0.4 is 5.32 Å². The van der Waals surface area contributed by atoms with Gasteiger partial charge in [0.2, 0.25) is 5.79 Å². The molecular weight excluding hydrogens is 288 g/mol. The number of hydrogen-bond acceptors (Lipinski definition) is 3. The summed E-state index contributed by atoms with van der Waals surface area (Å²) in [6.45, 7) is 10.4. The Hall–Kier alpha value is -2.25. The summed E-state index contributed by atoms with van der Waals surface area (Å²) in [5.74, 6) is -1.60. The Balaban J connectivity index is 3.76. The fourth-order valence-electron chi connectivity index (χ4n) is 2.60. The fourth-order valence-corrected chi connectivity index (χ4v) is 2.60. The van der Waals surface area contributed by atoms with Crippen LogP contribution in [0.3, 0.4) is 0 Å². The second-order valence-corrected chi connectivity index (χ2v) is 7.09. The molecule has 1 rings (SSSR count). The predicted octanol–water partition coefficient (Wildman–Crippen LogP) is 2.59. The maximum Gasteiger partial charge on any atom is 0.411 e. The Bertz CT molecular complexity index is 542. The molecule has 0 saturated carbocycles. The summed E-state index contributed by atoms with van der Waals surface area (Å²) in [5.41, 5.74) is -1.68. The smallest absolute Gasteiger partial charge is 0.411 e. The molecule has 0 aromatic carbocycles. The van der Waals surface area contributed by atoms with E-state index < -0.39 is 28.9 Å². The lowest BCUT2D eigenvalue weighted by molar-refractivity contribution is -0.124. The van der Waals surface area contributed by atoms with Crippen LogP contribution in [0, 0.1) is 5.41 Å². The van der Waals surface area contributed by atoms with Gasteiger partial charge in [-0.05, 0) is 26.8 Å². The average Bonchev–Trinajstić information content (AvgIpc) is 2.75. The monoisotopic (exact) mass is 312 g/mol. The molecule has 1 atom stereocenters. The van der Waals surface area contributed by atoms with Gasteiger partial charge in [-0.2, -0.15) is 5.10 Å². The van der Waals surface area contributed by atoms with E-state index in [-0.39, 0.29) is 0 Å². The van der Waals surface area contributed by atoms with Crippen molar-refractivity contribution in [2.45, 2.75) is 52.9 Å².